The van der Waals surface area contributed by atoms with Crippen LogP contribution in [-0.2, 0) is 16.0 Å². The van der Waals surface area contributed by atoms with Crippen LogP contribution in [0.5, 0.6) is 0 Å². The van der Waals surface area contributed by atoms with Gasteiger partial charge in [-0.3, -0.25) is 4.90 Å². The zero-order chi connectivity index (χ0) is 23.6. The van der Waals surface area contributed by atoms with Gasteiger partial charge in [0.25, 0.3) is 0 Å². The van der Waals surface area contributed by atoms with Gasteiger partial charge in [0.2, 0.25) is 0 Å². The minimum absolute atomic E-state index is 0.0477. The number of amides is 1. The Bertz CT molecular complexity index is 840. The number of hydrogen-bond donors (Lipinski definition) is 0. The van der Waals surface area contributed by atoms with E-state index in [2.05, 4.69) is 20.6 Å². The molecule has 3 fully saturated rings. The molecule has 1 unspecified atom stereocenters. The summed E-state index contributed by atoms with van der Waals surface area (Å²) in [5.41, 5.74) is 2.20. The molecular formula is C23H31ClF3N3O3. The highest BCUT2D eigenvalue weighted by Gasteiger charge is 2.45. The number of carbonyl (C=O) groups is 1. The molecule has 4 rings (SSSR count). The lowest BCUT2D eigenvalue weighted by Crippen LogP contribution is -2.53. The van der Waals surface area contributed by atoms with Gasteiger partial charge in [-0.2, -0.15) is 13.2 Å². The third-order valence-electron chi connectivity index (χ3n) is 7.12. The summed E-state index contributed by atoms with van der Waals surface area (Å²) in [5.74, 6) is 0. The molecule has 3 saturated heterocycles. The van der Waals surface area contributed by atoms with Crippen LogP contribution in [0.4, 0.5) is 23.7 Å². The minimum Gasteiger partial charge on any atom is -0.437 e. The first kappa shape index (κ1) is 24.4. The van der Waals surface area contributed by atoms with Gasteiger partial charge in [0.05, 0.1) is 13.2 Å². The fourth-order valence-corrected chi connectivity index (χ4v) is 5.41. The lowest BCUT2D eigenvalue weighted by atomic mass is 9.85. The highest BCUT2D eigenvalue weighted by atomic mass is 35.5. The zero-order valence-electron chi connectivity index (χ0n) is 18.9. The molecule has 6 nitrogen and oxygen atoms in total. The predicted octanol–water partition coefficient (Wildman–Crippen LogP) is 4.69. The summed E-state index contributed by atoms with van der Waals surface area (Å²) in [6.45, 7) is 6.46. The number of rotatable bonds is 4. The smallest absolute Gasteiger partial charge is 0.425 e. The van der Waals surface area contributed by atoms with Crippen molar-refractivity contribution >= 4 is 23.4 Å². The molecule has 3 aliphatic heterocycles. The Morgan fingerprint density at radius 1 is 1.12 bits per heavy atom. The molecule has 1 amide bonds. The number of piperidine rings is 1. The zero-order valence-corrected chi connectivity index (χ0v) is 19.6. The molecule has 0 aromatic heterocycles. The predicted molar refractivity (Wildman–Crippen MR) is 120 cm³/mol. The molecule has 0 bridgehead atoms. The maximum absolute atomic E-state index is 12.7. The van der Waals surface area contributed by atoms with Crippen LogP contribution >= 0.6 is 11.6 Å². The lowest BCUT2D eigenvalue weighted by Gasteiger charge is -2.45. The van der Waals surface area contributed by atoms with Gasteiger partial charge in [-0.1, -0.05) is 11.6 Å². The van der Waals surface area contributed by atoms with E-state index >= 15 is 0 Å². The fraction of sp³-hybridized carbons (Fsp3) is 0.696. The highest BCUT2D eigenvalue weighted by Crippen LogP contribution is 2.40. The maximum Gasteiger partial charge on any atom is 0.425 e. The average Bonchev–Trinajstić information content (AvgIpc) is 3.15. The van der Waals surface area contributed by atoms with Crippen LogP contribution in [0.3, 0.4) is 0 Å². The number of nitrogens with zero attached hydrogens (tertiary/aromatic N) is 3. The number of hydrogen-bond acceptors (Lipinski definition) is 5. The summed E-state index contributed by atoms with van der Waals surface area (Å²) in [6, 6.07) is 6.18. The van der Waals surface area contributed by atoms with Crippen LogP contribution < -0.4 is 4.90 Å². The first-order valence-corrected chi connectivity index (χ1v) is 11.9. The SMILES string of the molecule is CC(OC(=O)N1CCC2(CCCN2Cc2cc(Cl)cc(N3CCOCC3)c2)CC1)C(F)(F)F. The summed E-state index contributed by atoms with van der Waals surface area (Å²) >= 11 is 6.44. The van der Waals surface area contributed by atoms with E-state index in [4.69, 9.17) is 16.3 Å². The molecule has 1 aromatic rings. The molecule has 1 atom stereocenters. The van der Waals surface area contributed by atoms with E-state index in [-0.39, 0.29) is 5.54 Å². The maximum atomic E-state index is 12.7. The standard InChI is InChI=1S/C23H31ClF3N3O3/c1-17(23(25,26)27)33-21(31)29-7-4-22(5-8-29)3-2-6-30(22)16-18-13-19(24)15-20(14-18)28-9-11-32-12-10-28/h13-15,17H,2-12,16H2,1H3. The second kappa shape index (κ2) is 9.88. The van der Waals surface area contributed by atoms with Crippen LogP contribution in [0, 0.1) is 0 Å². The van der Waals surface area contributed by atoms with E-state index in [0.717, 1.165) is 70.0 Å². The van der Waals surface area contributed by atoms with Crippen LogP contribution in [-0.4, -0.2) is 79.6 Å². The van der Waals surface area contributed by atoms with E-state index in [1.807, 2.05) is 12.1 Å². The summed E-state index contributed by atoms with van der Waals surface area (Å²) in [7, 11) is 0. The number of ether oxygens (including phenoxy) is 2. The molecule has 10 heteroatoms. The van der Waals surface area contributed by atoms with Crippen molar-refractivity contribution in [1.82, 2.24) is 9.80 Å². The summed E-state index contributed by atoms with van der Waals surface area (Å²) in [5, 5.41) is 0.707. The highest BCUT2D eigenvalue weighted by molar-refractivity contribution is 6.30. The van der Waals surface area contributed by atoms with E-state index in [1.165, 1.54) is 4.90 Å². The molecule has 0 N–H and O–H groups in total. The van der Waals surface area contributed by atoms with Crippen LogP contribution in [0.25, 0.3) is 0 Å². The number of likely N-dealkylation sites (tertiary alicyclic amines) is 2. The lowest BCUT2D eigenvalue weighted by molar-refractivity contribution is -0.200. The fourth-order valence-electron chi connectivity index (χ4n) is 5.15. The van der Waals surface area contributed by atoms with Crippen molar-refractivity contribution in [2.75, 3.05) is 50.8 Å². The number of benzene rings is 1. The Hall–Kier alpha value is -1.71. The number of morpholine rings is 1. The van der Waals surface area contributed by atoms with Crippen LogP contribution in [0.15, 0.2) is 18.2 Å². The van der Waals surface area contributed by atoms with Crippen LogP contribution in [0.1, 0.15) is 38.2 Å². The van der Waals surface area contributed by atoms with Gasteiger partial charge < -0.3 is 19.3 Å². The van der Waals surface area contributed by atoms with Gasteiger partial charge in [0.1, 0.15) is 0 Å². The van der Waals surface area contributed by atoms with Crippen molar-refractivity contribution in [3.05, 3.63) is 28.8 Å². The molecular weight excluding hydrogens is 459 g/mol. The molecule has 3 heterocycles. The van der Waals surface area contributed by atoms with E-state index < -0.39 is 18.4 Å². The number of halogens is 4. The third kappa shape index (κ3) is 5.69. The van der Waals surface area contributed by atoms with Gasteiger partial charge in [-0.05, 0) is 62.9 Å². The van der Waals surface area contributed by atoms with Crippen LogP contribution in [0.2, 0.25) is 5.02 Å². The van der Waals surface area contributed by atoms with Gasteiger partial charge in [0.15, 0.2) is 6.10 Å². The molecule has 0 aliphatic carbocycles. The minimum atomic E-state index is -4.55. The monoisotopic (exact) mass is 489 g/mol. The van der Waals surface area contributed by atoms with Gasteiger partial charge >= 0.3 is 12.3 Å². The summed E-state index contributed by atoms with van der Waals surface area (Å²) < 4.78 is 48.3. The number of anilines is 1. The number of alkyl halides is 3. The van der Waals surface area contributed by atoms with Crippen molar-refractivity contribution in [1.29, 1.82) is 0 Å². The van der Waals surface area contributed by atoms with Crippen molar-refractivity contribution in [3.63, 3.8) is 0 Å². The first-order valence-electron chi connectivity index (χ1n) is 11.6. The normalized spacial score (nSPS) is 22.6. The molecule has 33 heavy (non-hydrogen) atoms. The van der Waals surface area contributed by atoms with Gasteiger partial charge in [-0.15, -0.1) is 0 Å². The topological polar surface area (TPSA) is 45.2 Å². The number of carbonyl (C=O) groups excluding carboxylic acids is 1. The Morgan fingerprint density at radius 2 is 1.82 bits per heavy atom. The second-order valence-electron chi connectivity index (χ2n) is 9.22. The Balaban J connectivity index is 1.39. The summed E-state index contributed by atoms with van der Waals surface area (Å²) in [6.07, 6.45) is -4.01. The quantitative estimate of drug-likeness (QED) is 0.613. The first-order chi connectivity index (χ1) is 15.7. The van der Waals surface area contributed by atoms with Crippen molar-refractivity contribution in [2.45, 2.75) is 57.0 Å². The largest absolute Gasteiger partial charge is 0.437 e. The average molecular weight is 490 g/mol. The Morgan fingerprint density at radius 3 is 2.48 bits per heavy atom. The summed E-state index contributed by atoms with van der Waals surface area (Å²) in [4.78, 5) is 18.4. The van der Waals surface area contributed by atoms with Crippen molar-refractivity contribution in [3.8, 4) is 0 Å². The van der Waals surface area contributed by atoms with Gasteiger partial charge in [0, 0.05) is 49.0 Å². The second-order valence-corrected chi connectivity index (χ2v) is 9.66. The van der Waals surface area contributed by atoms with Gasteiger partial charge in [-0.25, -0.2) is 4.79 Å². The molecule has 184 valence electrons. The molecule has 0 saturated carbocycles. The Kier molecular flexibility index (Phi) is 7.31. The van der Waals surface area contributed by atoms with E-state index in [1.54, 1.807) is 0 Å². The molecule has 1 aromatic carbocycles. The van der Waals surface area contributed by atoms with E-state index in [0.29, 0.717) is 31.3 Å². The van der Waals surface area contributed by atoms with Crippen molar-refractivity contribution in [2.24, 2.45) is 0 Å². The molecule has 1 spiro atoms. The van der Waals surface area contributed by atoms with E-state index in [9.17, 15) is 18.0 Å². The molecule has 3 aliphatic rings. The Labute approximate surface area is 197 Å². The molecule has 0 radical (unpaired) electrons. The van der Waals surface area contributed by atoms with Crippen molar-refractivity contribution < 1.29 is 27.4 Å². The third-order valence-corrected chi connectivity index (χ3v) is 7.34.